The molecule has 0 aliphatic heterocycles. The Morgan fingerprint density at radius 3 is 2.17 bits per heavy atom. The fourth-order valence-electron chi connectivity index (χ4n) is 0.362. The van der Waals surface area contributed by atoms with Gasteiger partial charge in [0, 0.05) is 6.61 Å². The summed E-state index contributed by atoms with van der Waals surface area (Å²) in [6.07, 6.45) is 3.33. The molecule has 0 spiro atoms. The first kappa shape index (κ1) is 5.96. The van der Waals surface area contributed by atoms with Gasteiger partial charge in [0.15, 0.2) is 0 Å². The largest absolute Gasteiger partial charge is 0.396 e. The highest BCUT2D eigenvalue weighted by molar-refractivity contribution is 4.30. The number of aliphatic hydroxyl groups excluding tert-OH is 1. The molecule has 0 unspecified atom stereocenters. The average Bonchev–Trinajstić information content (AvgIpc) is 1.61. The minimum atomic E-state index is 0.355. The molecular formula is C5H12O. The summed E-state index contributed by atoms with van der Waals surface area (Å²) in [6.45, 7) is 2.48. The predicted molar refractivity (Wildman–Crippen MR) is 26.6 cm³/mol. The van der Waals surface area contributed by atoms with Crippen molar-refractivity contribution in [3.8, 4) is 0 Å². The van der Waals surface area contributed by atoms with Gasteiger partial charge in [-0.15, -0.1) is 0 Å². The quantitative estimate of drug-likeness (QED) is 0.407. The van der Waals surface area contributed by atoms with E-state index < -0.39 is 0 Å². The first-order chi connectivity index (χ1) is 2.91. The van der Waals surface area contributed by atoms with Gasteiger partial charge in [-0.05, 0) is 6.42 Å². The monoisotopic (exact) mass is 90.1 g/mol. The van der Waals surface area contributed by atoms with E-state index in [0.717, 1.165) is 12.8 Å². The maximum absolute atomic E-state index is 8.20. The van der Waals surface area contributed by atoms with Gasteiger partial charge in [0.05, 0.1) is 0 Å². The molecule has 0 heterocycles. The second-order valence-electron chi connectivity index (χ2n) is 1.43. The molecule has 0 aromatic heterocycles. The van der Waals surface area contributed by atoms with Crippen LogP contribution in [0.5, 0.6) is 0 Å². The zero-order valence-corrected chi connectivity index (χ0v) is 4.28. The standard InChI is InChI=1S/C5H12O/c1-2-3-4-5-6/h6H,2-5H2,1H3/i4+1,5+1. The van der Waals surface area contributed by atoms with E-state index in [9.17, 15) is 0 Å². The van der Waals surface area contributed by atoms with Gasteiger partial charge < -0.3 is 5.11 Å². The van der Waals surface area contributed by atoms with Gasteiger partial charge >= 0.3 is 0 Å². The first-order valence-electron chi connectivity index (χ1n) is 2.52. The Balaban J connectivity index is 2.34. The van der Waals surface area contributed by atoms with Gasteiger partial charge in [-0.3, -0.25) is 0 Å². The summed E-state index contributed by atoms with van der Waals surface area (Å²) in [5.74, 6) is 0. The van der Waals surface area contributed by atoms with Crippen LogP contribution in [0.25, 0.3) is 0 Å². The van der Waals surface area contributed by atoms with Crippen molar-refractivity contribution >= 4 is 0 Å². The van der Waals surface area contributed by atoms with Crippen LogP contribution in [0.15, 0.2) is 0 Å². The normalized spacial score (nSPS) is 9.00. The van der Waals surface area contributed by atoms with Crippen molar-refractivity contribution in [3.05, 3.63) is 0 Å². The highest BCUT2D eigenvalue weighted by Gasteiger charge is 1.76. The maximum Gasteiger partial charge on any atom is 0.0431 e. The summed E-state index contributed by atoms with van der Waals surface area (Å²) in [5, 5.41) is 8.20. The molecule has 0 rings (SSSR count). The van der Waals surface area contributed by atoms with Crippen LogP contribution >= 0.6 is 0 Å². The van der Waals surface area contributed by atoms with Crippen molar-refractivity contribution in [3.63, 3.8) is 0 Å². The lowest BCUT2D eigenvalue weighted by atomic mass is 10.5. The molecule has 0 amide bonds. The van der Waals surface area contributed by atoms with E-state index >= 15 is 0 Å². The molecule has 1 nitrogen and oxygen atoms in total. The molecule has 0 bridgehead atoms. The molecule has 0 aromatic carbocycles. The molecule has 0 fully saturated rings. The van der Waals surface area contributed by atoms with E-state index in [1.54, 1.807) is 0 Å². The van der Waals surface area contributed by atoms with E-state index in [1.807, 2.05) is 0 Å². The van der Waals surface area contributed by atoms with Crippen molar-refractivity contribution in [1.29, 1.82) is 0 Å². The van der Waals surface area contributed by atoms with Crippen molar-refractivity contribution in [1.82, 2.24) is 0 Å². The zero-order valence-electron chi connectivity index (χ0n) is 4.28. The van der Waals surface area contributed by atoms with Crippen LogP contribution < -0.4 is 0 Å². The Kier molecular flexibility index (Phi) is 4.93. The molecule has 0 radical (unpaired) electrons. The van der Waals surface area contributed by atoms with Gasteiger partial charge in [-0.1, -0.05) is 19.8 Å². The minimum Gasteiger partial charge on any atom is -0.396 e. The van der Waals surface area contributed by atoms with E-state index in [-0.39, 0.29) is 0 Å². The van der Waals surface area contributed by atoms with E-state index in [4.69, 9.17) is 5.11 Å². The highest BCUT2D eigenvalue weighted by atomic mass is 16.3. The topological polar surface area (TPSA) is 20.2 Å². The van der Waals surface area contributed by atoms with E-state index in [0.29, 0.717) is 6.61 Å². The Bertz CT molecular complexity index is 15.9. The lowest BCUT2D eigenvalue weighted by Gasteiger charge is -1.85. The van der Waals surface area contributed by atoms with Gasteiger partial charge in [0.25, 0.3) is 0 Å². The van der Waals surface area contributed by atoms with Crippen LogP contribution in [0, 0.1) is 0 Å². The molecule has 38 valence electrons. The molecule has 0 aromatic rings. The van der Waals surface area contributed by atoms with Crippen LogP contribution in [-0.4, -0.2) is 11.7 Å². The number of hydrogen-bond donors (Lipinski definition) is 1. The minimum absolute atomic E-state index is 0.355. The second kappa shape index (κ2) is 4.96. The zero-order chi connectivity index (χ0) is 4.83. The van der Waals surface area contributed by atoms with Crippen LogP contribution in [0.2, 0.25) is 0 Å². The second-order valence-corrected chi connectivity index (χ2v) is 1.43. The van der Waals surface area contributed by atoms with Crippen molar-refractivity contribution < 1.29 is 5.11 Å². The number of unbranched alkanes of at least 4 members (excludes halogenated alkanes) is 2. The molecule has 1 N–H and O–H groups in total. The van der Waals surface area contributed by atoms with Crippen molar-refractivity contribution in [2.75, 3.05) is 6.61 Å². The number of aliphatic hydroxyl groups is 1. The van der Waals surface area contributed by atoms with Crippen LogP contribution in [-0.2, 0) is 0 Å². The lowest BCUT2D eigenvalue weighted by molar-refractivity contribution is 0.284. The Morgan fingerprint density at radius 2 is 2.00 bits per heavy atom. The maximum atomic E-state index is 8.20. The number of rotatable bonds is 3. The third kappa shape index (κ3) is 3.96. The van der Waals surface area contributed by atoms with Crippen molar-refractivity contribution in [2.24, 2.45) is 0 Å². The van der Waals surface area contributed by atoms with Crippen molar-refractivity contribution in [2.45, 2.75) is 26.2 Å². The molecule has 0 atom stereocenters. The first-order valence-corrected chi connectivity index (χ1v) is 2.52. The Labute approximate surface area is 39.0 Å². The summed E-state index contributed by atoms with van der Waals surface area (Å²) < 4.78 is 0. The summed E-state index contributed by atoms with van der Waals surface area (Å²) >= 11 is 0. The van der Waals surface area contributed by atoms with Crippen LogP contribution in [0.1, 0.15) is 26.2 Å². The molecule has 6 heavy (non-hydrogen) atoms. The fourth-order valence-corrected chi connectivity index (χ4v) is 0.362. The smallest absolute Gasteiger partial charge is 0.0431 e. The number of hydrogen-bond acceptors (Lipinski definition) is 1. The molecule has 0 aliphatic rings. The Hall–Kier alpha value is -0.0400. The van der Waals surface area contributed by atoms with E-state index in [2.05, 4.69) is 6.92 Å². The predicted octanol–water partition coefficient (Wildman–Crippen LogP) is 1.17. The van der Waals surface area contributed by atoms with Gasteiger partial charge in [-0.25, -0.2) is 0 Å². The average molecular weight is 90.1 g/mol. The van der Waals surface area contributed by atoms with Gasteiger partial charge in [-0.2, -0.15) is 0 Å². The van der Waals surface area contributed by atoms with Crippen LogP contribution in [0.4, 0.5) is 0 Å². The van der Waals surface area contributed by atoms with Crippen LogP contribution in [0.3, 0.4) is 0 Å². The molecule has 1 heteroatoms. The van der Waals surface area contributed by atoms with E-state index in [1.165, 1.54) is 6.42 Å². The van der Waals surface area contributed by atoms with Gasteiger partial charge in [0.2, 0.25) is 0 Å². The molecular weight excluding hydrogens is 78.0 g/mol. The summed E-state index contributed by atoms with van der Waals surface area (Å²) in [5.41, 5.74) is 0. The Morgan fingerprint density at radius 1 is 1.33 bits per heavy atom. The SMILES string of the molecule is CCC[13CH2][13CH2]O. The summed E-state index contributed by atoms with van der Waals surface area (Å²) in [4.78, 5) is 0. The highest BCUT2D eigenvalue weighted by Crippen LogP contribution is 1.89. The van der Waals surface area contributed by atoms with Gasteiger partial charge in [0.1, 0.15) is 0 Å². The lowest BCUT2D eigenvalue weighted by Crippen LogP contribution is -1.78. The summed E-state index contributed by atoms with van der Waals surface area (Å²) in [6, 6.07) is 0. The summed E-state index contributed by atoms with van der Waals surface area (Å²) in [7, 11) is 0. The fraction of sp³-hybridized carbons (Fsp3) is 1.00. The third-order valence-corrected chi connectivity index (χ3v) is 0.762. The third-order valence-electron chi connectivity index (χ3n) is 0.762. The molecule has 0 saturated heterocycles. The molecule has 0 saturated carbocycles. The molecule has 0 aliphatic carbocycles.